The molecule has 0 saturated carbocycles. The van der Waals surface area contributed by atoms with Crippen molar-refractivity contribution in [3.63, 3.8) is 0 Å². The highest BCUT2D eigenvalue weighted by atomic mass is 16.6. The zero-order valence-corrected chi connectivity index (χ0v) is 16.7. The Morgan fingerprint density at radius 3 is 2.19 bits per heavy atom. The average Bonchev–Trinajstić information content (AvgIpc) is 2.52. The van der Waals surface area contributed by atoms with Crippen LogP contribution in [0.1, 0.15) is 46.6 Å². The summed E-state index contributed by atoms with van der Waals surface area (Å²) < 4.78 is 10.1. The highest BCUT2D eigenvalue weighted by Gasteiger charge is 2.29. The quantitative estimate of drug-likeness (QED) is 0.558. The molecule has 27 heavy (non-hydrogen) atoms. The van der Waals surface area contributed by atoms with E-state index in [4.69, 9.17) is 15.2 Å². The first-order valence-electron chi connectivity index (χ1n) is 9.02. The molecule has 1 aromatic carbocycles. The van der Waals surface area contributed by atoms with Gasteiger partial charge in [-0.3, -0.25) is 0 Å². The average molecular weight is 378 g/mol. The van der Waals surface area contributed by atoms with Crippen LogP contribution in [-0.4, -0.2) is 35.7 Å². The monoisotopic (exact) mass is 378 g/mol. The zero-order chi connectivity index (χ0) is 20.6. The van der Waals surface area contributed by atoms with Crippen molar-refractivity contribution >= 4 is 18.0 Å². The van der Waals surface area contributed by atoms with Gasteiger partial charge in [-0.15, -0.1) is 0 Å². The molecular formula is C20H30N2O5. The number of nitrogens with one attached hydrogen (secondary N) is 1. The van der Waals surface area contributed by atoms with Gasteiger partial charge in [0.25, 0.3) is 0 Å². The van der Waals surface area contributed by atoms with Gasteiger partial charge in [0, 0.05) is 0 Å². The molecule has 0 radical (unpaired) electrons. The first-order chi connectivity index (χ1) is 12.5. The van der Waals surface area contributed by atoms with Crippen LogP contribution in [0.5, 0.6) is 0 Å². The molecule has 1 rings (SSSR count). The van der Waals surface area contributed by atoms with E-state index in [1.165, 1.54) is 0 Å². The van der Waals surface area contributed by atoms with Gasteiger partial charge in [0.05, 0.1) is 0 Å². The minimum Gasteiger partial charge on any atom is -0.444 e. The third-order valence-corrected chi connectivity index (χ3v) is 3.48. The van der Waals surface area contributed by atoms with E-state index in [0.717, 1.165) is 5.56 Å². The van der Waals surface area contributed by atoms with Gasteiger partial charge >= 0.3 is 18.0 Å². The molecule has 1 amide bonds. The Hall–Kier alpha value is -2.41. The minimum atomic E-state index is -0.993. The Morgan fingerprint density at radius 2 is 1.67 bits per heavy atom. The van der Waals surface area contributed by atoms with Crippen molar-refractivity contribution in [1.29, 1.82) is 0 Å². The van der Waals surface area contributed by atoms with E-state index < -0.39 is 35.7 Å². The van der Waals surface area contributed by atoms with Gasteiger partial charge in [0.2, 0.25) is 0 Å². The third kappa shape index (κ3) is 9.19. The van der Waals surface area contributed by atoms with Crippen molar-refractivity contribution in [3.8, 4) is 0 Å². The summed E-state index contributed by atoms with van der Waals surface area (Å²) in [4.78, 5) is 36.5. The summed E-state index contributed by atoms with van der Waals surface area (Å²) in [6.07, 6.45) is -0.188. The Bertz CT molecular complexity index is 638. The molecule has 0 aliphatic carbocycles. The van der Waals surface area contributed by atoms with Gasteiger partial charge in [0.1, 0.15) is 17.7 Å². The van der Waals surface area contributed by atoms with Gasteiger partial charge in [0.15, 0.2) is 0 Å². The van der Waals surface area contributed by atoms with Crippen LogP contribution in [0.2, 0.25) is 0 Å². The number of esters is 2. The maximum Gasteiger partial charge on any atom is 0.408 e. The fourth-order valence-electron chi connectivity index (χ4n) is 2.33. The molecule has 0 aromatic heterocycles. The molecule has 0 heterocycles. The maximum absolute atomic E-state index is 12.4. The lowest BCUT2D eigenvalue weighted by Gasteiger charge is -2.23. The summed E-state index contributed by atoms with van der Waals surface area (Å²) in [6.45, 7) is 8.93. The Kier molecular flexibility index (Phi) is 8.43. The molecule has 7 nitrogen and oxygen atoms in total. The lowest BCUT2D eigenvalue weighted by Crippen LogP contribution is -2.47. The second-order valence-electron chi connectivity index (χ2n) is 7.86. The molecule has 1 aromatic rings. The molecule has 150 valence electrons. The van der Waals surface area contributed by atoms with Crippen LogP contribution in [-0.2, 0) is 25.5 Å². The summed E-state index contributed by atoms with van der Waals surface area (Å²) in [7, 11) is 0. The standard InChI is InChI=1S/C20H30N2O5/c1-13(2)11-16(22-19(25)27-20(3,4)5)18(24)26-17(23)15(21)12-14-9-7-6-8-10-14/h6-10,13,15-16H,11-12,21H2,1-5H3,(H,22,25)/t15-,16-/m0/s1. The lowest BCUT2D eigenvalue weighted by atomic mass is 10.0. The second kappa shape index (κ2) is 10.1. The fraction of sp³-hybridized carbons (Fsp3) is 0.550. The summed E-state index contributed by atoms with van der Waals surface area (Å²) in [5.41, 5.74) is 6.00. The van der Waals surface area contributed by atoms with Gasteiger partial charge in [-0.05, 0) is 45.1 Å². The molecule has 0 spiro atoms. The maximum atomic E-state index is 12.4. The fourth-order valence-corrected chi connectivity index (χ4v) is 2.33. The minimum absolute atomic E-state index is 0.0885. The van der Waals surface area contributed by atoms with Gasteiger partial charge in [-0.25, -0.2) is 14.4 Å². The van der Waals surface area contributed by atoms with Gasteiger partial charge < -0.3 is 20.5 Å². The number of ether oxygens (including phenoxy) is 2. The first-order valence-corrected chi connectivity index (χ1v) is 9.02. The number of carbonyl (C=O) groups excluding carboxylic acids is 3. The predicted octanol–water partition coefficient (Wildman–Crippen LogP) is 2.57. The van der Waals surface area contributed by atoms with E-state index in [-0.39, 0.29) is 12.3 Å². The highest BCUT2D eigenvalue weighted by molar-refractivity contribution is 5.92. The topological polar surface area (TPSA) is 108 Å². The highest BCUT2D eigenvalue weighted by Crippen LogP contribution is 2.11. The Labute approximate surface area is 160 Å². The molecule has 7 heteroatoms. The summed E-state index contributed by atoms with van der Waals surface area (Å²) in [5.74, 6) is -1.59. The van der Waals surface area contributed by atoms with E-state index in [1.54, 1.807) is 20.8 Å². The number of hydrogen-bond donors (Lipinski definition) is 2. The van der Waals surface area contributed by atoms with Crippen LogP contribution in [0.3, 0.4) is 0 Å². The molecule has 0 unspecified atom stereocenters. The number of benzene rings is 1. The van der Waals surface area contributed by atoms with Crippen LogP contribution >= 0.6 is 0 Å². The van der Waals surface area contributed by atoms with Crippen molar-refractivity contribution in [2.45, 2.75) is 65.1 Å². The van der Waals surface area contributed by atoms with Crippen LogP contribution in [0.25, 0.3) is 0 Å². The number of carbonyl (C=O) groups is 3. The molecule has 0 aliphatic rings. The molecule has 0 aliphatic heterocycles. The molecule has 2 atom stereocenters. The van der Waals surface area contributed by atoms with E-state index in [2.05, 4.69) is 5.32 Å². The summed E-state index contributed by atoms with van der Waals surface area (Å²) in [6, 6.07) is 7.23. The van der Waals surface area contributed by atoms with Crippen molar-refractivity contribution < 1.29 is 23.9 Å². The van der Waals surface area contributed by atoms with Crippen molar-refractivity contribution in [1.82, 2.24) is 5.32 Å². The van der Waals surface area contributed by atoms with Crippen LogP contribution in [0, 0.1) is 5.92 Å². The second-order valence-corrected chi connectivity index (χ2v) is 7.86. The molecule has 3 N–H and O–H groups in total. The van der Waals surface area contributed by atoms with Crippen molar-refractivity contribution in [2.75, 3.05) is 0 Å². The van der Waals surface area contributed by atoms with Crippen LogP contribution < -0.4 is 11.1 Å². The summed E-state index contributed by atoms with van der Waals surface area (Å²) >= 11 is 0. The molecule has 0 fully saturated rings. The van der Waals surface area contributed by atoms with E-state index >= 15 is 0 Å². The number of alkyl carbamates (subject to hydrolysis) is 1. The van der Waals surface area contributed by atoms with Crippen LogP contribution in [0.4, 0.5) is 4.79 Å². The first kappa shape index (κ1) is 22.6. The normalized spacial score (nSPS) is 13.6. The smallest absolute Gasteiger partial charge is 0.408 e. The van der Waals surface area contributed by atoms with Gasteiger partial charge in [-0.2, -0.15) is 0 Å². The predicted molar refractivity (Wildman–Crippen MR) is 102 cm³/mol. The number of nitrogens with two attached hydrogens (primary N) is 1. The largest absolute Gasteiger partial charge is 0.444 e. The molecule has 0 bridgehead atoms. The van der Waals surface area contributed by atoms with E-state index in [1.807, 2.05) is 44.2 Å². The Morgan fingerprint density at radius 1 is 1.07 bits per heavy atom. The molecule has 0 saturated heterocycles. The number of rotatable bonds is 7. The number of amides is 1. The number of hydrogen-bond acceptors (Lipinski definition) is 6. The van der Waals surface area contributed by atoms with Gasteiger partial charge in [-0.1, -0.05) is 44.2 Å². The summed E-state index contributed by atoms with van der Waals surface area (Å²) in [5, 5.41) is 2.47. The third-order valence-electron chi connectivity index (χ3n) is 3.48. The molecular weight excluding hydrogens is 348 g/mol. The lowest BCUT2D eigenvalue weighted by molar-refractivity contribution is -0.162. The van der Waals surface area contributed by atoms with Crippen molar-refractivity contribution in [2.24, 2.45) is 11.7 Å². The zero-order valence-electron chi connectivity index (χ0n) is 16.7. The Balaban J connectivity index is 2.68. The SMILES string of the molecule is CC(C)C[C@H](NC(=O)OC(C)(C)C)C(=O)OC(=O)[C@@H](N)Cc1ccccc1. The van der Waals surface area contributed by atoms with Crippen LogP contribution in [0.15, 0.2) is 30.3 Å². The van der Waals surface area contributed by atoms with E-state index in [0.29, 0.717) is 6.42 Å². The van der Waals surface area contributed by atoms with E-state index in [9.17, 15) is 14.4 Å². The van der Waals surface area contributed by atoms with Crippen molar-refractivity contribution in [3.05, 3.63) is 35.9 Å².